The molecule has 16 heavy (non-hydrogen) atoms. The average molecular weight is 214 g/mol. The predicted molar refractivity (Wildman–Crippen MR) is 69.1 cm³/mol. The van der Waals surface area contributed by atoms with Crippen LogP contribution < -0.4 is 0 Å². The fraction of sp³-hybridized carbons (Fsp3) is 0.333. The van der Waals surface area contributed by atoms with Crippen LogP contribution in [-0.4, -0.2) is 11.7 Å². The lowest BCUT2D eigenvalue weighted by Crippen LogP contribution is -1.90. The molecule has 1 aromatic rings. The van der Waals surface area contributed by atoms with Crippen LogP contribution in [-0.2, 0) is 0 Å². The Balaban J connectivity index is 2.54. The van der Waals surface area contributed by atoms with Crippen LogP contribution in [0.1, 0.15) is 30.5 Å². The summed E-state index contributed by atoms with van der Waals surface area (Å²) in [6, 6.07) is 6.43. The van der Waals surface area contributed by atoms with Gasteiger partial charge >= 0.3 is 0 Å². The zero-order chi connectivity index (χ0) is 11.7. The molecule has 1 heteroatoms. The molecular formula is C15H18O. The van der Waals surface area contributed by atoms with Crippen molar-refractivity contribution in [1.82, 2.24) is 0 Å². The van der Waals surface area contributed by atoms with Gasteiger partial charge in [-0.25, -0.2) is 0 Å². The van der Waals surface area contributed by atoms with Gasteiger partial charge in [0.05, 0.1) is 6.61 Å². The minimum absolute atomic E-state index is 0.117. The SMILES string of the molecule is Cc1ccc2c(c1)C(CO)=C/C2=C\C(C)C. The Morgan fingerprint density at radius 3 is 2.62 bits per heavy atom. The van der Waals surface area contributed by atoms with Crippen molar-refractivity contribution < 1.29 is 5.11 Å². The van der Waals surface area contributed by atoms with Crippen LogP contribution in [0.15, 0.2) is 30.4 Å². The molecule has 1 nitrogen and oxygen atoms in total. The van der Waals surface area contributed by atoms with Gasteiger partial charge in [0, 0.05) is 0 Å². The molecule has 1 aliphatic carbocycles. The molecule has 0 fully saturated rings. The molecule has 0 saturated heterocycles. The second-order valence-electron chi connectivity index (χ2n) is 4.74. The van der Waals surface area contributed by atoms with Gasteiger partial charge in [-0.1, -0.05) is 43.7 Å². The number of aliphatic hydroxyl groups is 1. The number of fused-ring (bicyclic) bond motifs is 1. The summed E-state index contributed by atoms with van der Waals surface area (Å²) in [5.74, 6) is 0.526. The number of aliphatic hydroxyl groups excluding tert-OH is 1. The second kappa shape index (κ2) is 4.26. The quantitative estimate of drug-likeness (QED) is 0.799. The lowest BCUT2D eigenvalue weighted by Gasteiger charge is -2.05. The van der Waals surface area contributed by atoms with Gasteiger partial charge in [0.15, 0.2) is 0 Å². The van der Waals surface area contributed by atoms with E-state index in [4.69, 9.17) is 0 Å². The van der Waals surface area contributed by atoms with E-state index in [1.54, 1.807) is 0 Å². The van der Waals surface area contributed by atoms with Gasteiger partial charge in [0.1, 0.15) is 0 Å². The van der Waals surface area contributed by atoms with E-state index in [-0.39, 0.29) is 6.61 Å². The largest absolute Gasteiger partial charge is 0.392 e. The van der Waals surface area contributed by atoms with Crippen LogP contribution >= 0.6 is 0 Å². The maximum Gasteiger partial charge on any atom is 0.0688 e. The smallest absolute Gasteiger partial charge is 0.0688 e. The molecule has 2 rings (SSSR count). The fourth-order valence-corrected chi connectivity index (χ4v) is 2.15. The molecule has 0 saturated carbocycles. The zero-order valence-corrected chi connectivity index (χ0v) is 10.1. The lowest BCUT2D eigenvalue weighted by atomic mass is 10.00. The first-order valence-corrected chi connectivity index (χ1v) is 5.76. The first-order chi connectivity index (χ1) is 7.61. The summed E-state index contributed by atoms with van der Waals surface area (Å²) in [7, 11) is 0. The van der Waals surface area contributed by atoms with Crippen molar-refractivity contribution in [2.24, 2.45) is 5.92 Å². The van der Waals surface area contributed by atoms with Gasteiger partial charge in [-0.3, -0.25) is 0 Å². The molecule has 0 aromatic heterocycles. The van der Waals surface area contributed by atoms with Crippen molar-refractivity contribution in [2.45, 2.75) is 20.8 Å². The van der Waals surface area contributed by atoms with Crippen molar-refractivity contribution >= 4 is 11.1 Å². The molecule has 0 amide bonds. The molecule has 0 radical (unpaired) electrons. The van der Waals surface area contributed by atoms with E-state index in [1.165, 1.54) is 22.3 Å². The summed E-state index contributed by atoms with van der Waals surface area (Å²) in [6.45, 7) is 6.54. The minimum atomic E-state index is 0.117. The first-order valence-electron chi connectivity index (χ1n) is 5.76. The van der Waals surface area contributed by atoms with E-state index in [1.807, 2.05) is 0 Å². The summed E-state index contributed by atoms with van der Waals surface area (Å²) < 4.78 is 0. The third-order valence-electron chi connectivity index (χ3n) is 2.84. The molecule has 0 bridgehead atoms. The lowest BCUT2D eigenvalue weighted by molar-refractivity contribution is 0.350. The van der Waals surface area contributed by atoms with Crippen molar-refractivity contribution in [2.75, 3.05) is 6.61 Å². The monoisotopic (exact) mass is 214 g/mol. The van der Waals surface area contributed by atoms with Gasteiger partial charge in [-0.05, 0) is 41.2 Å². The van der Waals surface area contributed by atoms with E-state index in [0.29, 0.717) is 5.92 Å². The molecule has 1 aliphatic rings. The maximum atomic E-state index is 9.36. The highest BCUT2D eigenvalue weighted by Gasteiger charge is 2.17. The Kier molecular flexibility index (Phi) is 2.97. The van der Waals surface area contributed by atoms with Crippen LogP contribution in [0.4, 0.5) is 0 Å². The topological polar surface area (TPSA) is 20.2 Å². The van der Waals surface area contributed by atoms with E-state index < -0.39 is 0 Å². The predicted octanol–water partition coefficient (Wildman–Crippen LogP) is 3.42. The number of benzene rings is 1. The van der Waals surface area contributed by atoms with Crippen LogP contribution in [0.2, 0.25) is 0 Å². The zero-order valence-electron chi connectivity index (χ0n) is 10.1. The summed E-state index contributed by atoms with van der Waals surface area (Å²) in [4.78, 5) is 0. The number of aryl methyl sites for hydroxylation is 1. The van der Waals surface area contributed by atoms with Crippen LogP contribution in [0.5, 0.6) is 0 Å². The molecule has 0 heterocycles. The van der Waals surface area contributed by atoms with Crippen LogP contribution in [0, 0.1) is 12.8 Å². The number of hydrogen-bond donors (Lipinski definition) is 1. The third-order valence-corrected chi connectivity index (χ3v) is 2.84. The number of hydrogen-bond acceptors (Lipinski definition) is 1. The van der Waals surface area contributed by atoms with Crippen molar-refractivity contribution in [3.05, 3.63) is 47.0 Å². The number of allylic oxidation sites excluding steroid dienone is 3. The van der Waals surface area contributed by atoms with Gasteiger partial charge in [-0.15, -0.1) is 0 Å². The summed E-state index contributed by atoms with van der Waals surface area (Å²) in [5, 5.41) is 9.36. The van der Waals surface area contributed by atoms with Gasteiger partial charge in [0.25, 0.3) is 0 Å². The normalized spacial score (nSPS) is 16.8. The Hall–Kier alpha value is -1.34. The van der Waals surface area contributed by atoms with Crippen molar-refractivity contribution in [3.8, 4) is 0 Å². The number of rotatable bonds is 2. The molecule has 0 atom stereocenters. The second-order valence-corrected chi connectivity index (χ2v) is 4.74. The Bertz CT molecular complexity index is 464. The van der Waals surface area contributed by atoms with E-state index in [9.17, 15) is 5.11 Å². The molecule has 0 spiro atoms. The van der Waals surface area contributed by atoms with Gasteiger partial charge in [0.2, 0.25) is 0 Å². The van der Waals surface area contributed by atoms with Crippen molar-refractivity contribution in [3.63, 3.8) is 0 Å². The Morgan fingerprint density at radius 2 is 2.00 bits per heavy atom. The van der Waals surface area contributed by atoms with E-state index >= 15 is 0 Å². The van der Waals surface area contributed by atoms with E-state index in [0.717, 1.165) is 5.57 Å². The van der Waals surface area contributed by atoms with Gasteiger partial charge in [-0.2, -0.15) is 0 Å². The molecule has 1 aromatic carbocycles. The van der Waals surface area contributed by atoms with Crippen LogP contribution in [0.3, 0.4) is 0 Å². The molecule has 0 aliphatic heterocycles. The standard InChI is InChI=1S/C15H18O/c1-10(2)6-12-8-13(9-16)15-7-11(3)4-5-14(12)15/h4-8,10,16H,9H2,1-3H3/b12-6+. The third kappa shape index (κ3) is 1.96. The average Bonchev–Trinajstić information content (AvgIpc) is 2.55. The maximum absolute atomic E-state index is 9.36. The fourth-order valence-electron chi connectivity index (χ4n) is 2.15. The molecule has 84 valence electrons. The molecule has 0 unspecified atom stereocenters. The van der Waals surface area contributed by atoms with Crippen LogP contribution in [0.25, 0.3) is 11.1 Å². The highest BCUT2D eigenvalue weighted by molar-refractivity contribution is 5.96. The summed E-state index contributed by atoms with van der Waals surface area (Å²) >= 11 is 0. The van der Waals surface area contributed by atoms with Crippen molar-refractivity contribution in [1.29, 1.82) is 0 Å². The summed E-state index contributed by atoms with van der Waals surface area (Å²) in [6.07, 6.45) is 4.35. The molecule has 1 N–H and O–H groups in total. The summed E-state index contributed by atoms with van der Waals surface area (Å²) in [5.41, 5.74) is 5.96. The highest BCUT2D eigenvalue weighted by Crippen LogP contribution is 2.36. The minimum Gasteiger partial charge on any atom is -0.392 e. The highest BCUT2D eigenvalue weighted by atomic mass is 16.3. The Labute approximate surface area is 97.1 Å². The Morgan fingerprint density at radius 1 is 1.25 bits per heavy atom. The van der Waals surface area contributed by atoms with Gasteiger partial charge < -0.3 is 5.11 Å². The first kappa shape index (κ1) is 11.2. The molecular weight excluding hydrogens is 196 g/mol. The van der Waals surface area contributed by atoms with E-state index in [2.05, 4.69) is 51.1 Å².